The van der Waals surface area contributed by atoms with Gasteiger partial charge in [-0.2, -0.15) is 0 Å². The van der Waals surface area contributed by atoms with E-state index < -0.39 is 10.0 Å². The molecule has 0 unspecified atom stereocenters. The van der Waals surface area contributed by atoms with Crippen molar-refractivity contribution in [2.45, 2.75) is 17.9 Å². The van der Waals surface area contributed by atoms with Gasteiger partial charge in [0.15, 0.2) is 0 Å². The molecule has 4 aromatic rings. The maximum atomic E-state index is 13.2. The normalized spacial score (nSPS) is 12.5. The summed E-state index contributed by atoms with van der Waals surface area (Å²) in [6, 6.07) is 22.6. The van der Waals surface area contributed by atoms with Crippen molar-refractivity contribution < 1.29 is 13.2 Å². The van der Waals surface area contributed by atoms with Gasteiger partial charge in [-0.1, -0.05) is 36.4 Å². The van der Waals surface area contributed by atoms with Gasteiger partial charge in [-0.25, -0.2) is 13.4 Å². The first-order valence-electron chi connectivity index (χ1n) is 10.1. The molecule has 0 aliphatic carbocycles. The number of sulfonamides is 1. The van der Waals surface area contributed by atoms with E-state index in [0.29, 0.717) is 11.3 Å². The molecule has 0 aliphatic heterocycles. The summed E-state index contributed by atoms with van der Waals surface area (Å²) < 4.78 is 28.5. The van der Waals surface area contributed by atoms with Crippen LogP contribution in [0.3, 0.4) is 0 Å². The van der Waals surface area contributed by atoms with E-state index in [0.717, 1.165) is 15.2 Å². The quantitative estimate of drug-likeness (QED) is 0.404. The molecule has 0 saturated heterocycles. The minimum Gasteiger partial charge on any atom is -0.333 e. The number of para-hydroxylation sites is 2. The van der Waals surface area contributed by atoms with Crippen LogP contribution >= 0.6 is 11.3 Å². The number of carbonyl (C=O) groups excluding carboxylic acids is 1. The molecule has 0 spiro atoms. The lowest BCUT2D eigenvalue weighted by molar-refractivity contribution is 0.0742. The van der Waals surface area contributed by atoms with Crippen molar-refractivity contribution in [3.05, 3.63) is 89.4 Å². The molecular formula is C24H23N3O3S2. The van der Waals surface area contributed by atoms with Crippen molar-refractivity contribution in [1.29, 1.82) is 0 Å². The molecule has 3 aromatic carbocycles. The van der Waals surface area contributed by atoms with Crippen molar-refractivity contribution in [2.75, 3.05) is 18.4 Å². The number of hydrogen-bond acceptors (Lipinski definition) is 5. The Morgan fingerprint density at radius 2 is 1.62 bits per heavy atom. The van der Waals surface area contributed by atoms with Crippen LogP contribution < -0.4 is 4.31 Å². The third kappa shape index (κ3) is 4.11. The van der Waals surface area contributed by atoms with E-state index in [9.17, 15) is 13.2 Å². The van der Waals surface area contributed by atoms with Crippen molar-refractivity contribution in [1.82, 2.24) is 9.88 Å². The Labute approximate surface area is 191 Å². The zero-order chi connectivity index (χ0) is 22.9. The summed E-state index contributed by atoms with van der Waals surface area (Å²) in [5, 5.41) is 0.828. The Hall–Kier alpha value is -3.23. The van der Waals surface area contributed by atoms with Crippen LogP contribution in [0.15, 0.2) is 83.8 Å². The predicted octanol–water partition coefficient (Wildman–Crippen LogP) is 4.95. The van der Waals surface area contributed by atoms with Gasteiger partial charge in [0, 0.05) is 19.7 Å². The van der Waals surface area contributed by atoms with E-state index in [-0.39, 0.29) is 16.8 Å². The van der Waals surface area contributed by atoms with Crippen LogP contribution in [0.5, 0.6) is 0 Å². The molecule has 164 valence electrons. The van der Waals surface area contributed by atoms with Crippen molar-refractivity contribution in [2.24, 2.45) is 0 Å². The summed E-state index contributed by atoms with van der Waals surface area (Å²) in [6.45, 7) is 1.92. The Morgan fingerprint density at radius 1 is 0.938 bits per heavy atom. The largest absolute Gasteiger partial charge is 0.333 e. The molecule has 0 bridgehead atoms. The van der Waals surface area contributed by atoms with Gasteiger partial charge in [0.2, 0.25) is 0 Å². The number of aromatic nitrogens is 1. The number of anilines is 1. The summed E-state index contributed by atoms with van der Waals surface area (Å²) in [5.74, 6) is -0.267. The number of thiazole rings is 1. The predicted molar refractivity (Wildman–Crippen MR) is 129 cm³/mol. The van der Waals surface area contributed by atoms with Gasteiger partial charge in [0.1, 0.15) is 5.01 Å². The first-order chi connectivity index (χ1) is 15.3. The third-order valence-electron chi connectivity index (χ3n) is 5.43. The van der Waals surface area contributed by atoms with Crippen molar-refractivity contribution in [3.63, 3.8) is 0 Å². The molecular weight excluding hydrogens is 442 g/mol. The Kier molecular flexibility index (Phi) is 5.99. The van der Waals surface area contributed by atoms with Gasteiger partial charge in [-0.05, 0) is 49.4 Å². The van der Waals surface area contributed by atoms with Crippen LogP contribution in [-0.4, -0.2) is 38.3 Å². The van der Waals surface area contributed by atoms with E-state index in [1.54, 1.807) is 59.7 Å². The number of amides is 1. The van der Waals surface area contributed by atoms with Crippen LogP contribution in [0.4, 0.5) is 5.69 Å². The maximum Gasteiger partial charge on any atom is 0.264 e. The van der Waals surface area contributed by atoms with Crippen LogP contribution in [-0.2, 0) is 10.0 Å². The summed E-state index contributed by atoms with van der Waals surface area (Å²) >= 11 is 1.55. The molecule has 4 rings (SSSR count). The topological polar surface area (TPSA) is 70.6 Å². The lowest BCUT2D eigenvalue weighted by atomic mass is 10.2. The number of rotatable bonds is 6. The van der Waals surface area contributed by atoms with Crippen molar-refractivity contribution >= 4 is 43.2 Å². The van der Waals surface area contributed by atoms with Crippen LogP contribution in [0.25, 0.3) is 10.2 Å². The van der Waals surface area contributed by atoms with Gasteiger partial charge in [0.25, 0.3) is 15.9 Å². The number of fused-ring (bicyclic) bond motifs is 1. The average Bonchev–Trinajstić information content (AvgIpc) is 3.27. The lowest BCUT2D eigenvalue weighted by Gasteiger charge is -2.24. The number of carbonyl (C=O) groups is 1. The molecule has 0 saturated carbocycles. The van der Waals surface area contributed by atoms with Crippen molar-refractivity contribution in [3.8, 4) is 0 Å². The van der Waals surface area contributed by atoms with Crippen LogP contribution in [0, 0.1) is 0 Å². The molecule has 0 radical (unpaired) electrons. The molecule has 1 atom stereocenters. The minimum absolute atomic E-state index is 0.0655. The second-order valence-corrected chi connectivity index (χ2v) is 10.5. The molecule has 1 heterocycles. The highest BCUT2D eigenvalue weighted by molar-refractivity contribution is 7.92. The number of benzene rings is 3. The van der Waals surface area contributed by atoms with E-state index >= 15 is 0 Å². The lowest BCUT2D eigenvalue weighted by Crippen LogP contribution is -2.30. The minimum atomic E-state index is -3.81. The monoisotopic (exact) mass is 465 g/mol. The highest BCUT2D eigenvalue weighted by atomic mass is 32.2. The van der Waals surface area contributed by atoms with Gasteiger partial charge in [0.05, 0.1) is 26.8 Å². The Balaban J connectivity index is 1.60. The fraction of sp³-hybridized carbons (Fsp3) is 0.167. The van der Waals surface area contributed by atoms with E-state index in [4.69, 9.17) is 0 Å². The van der Waals surface area contributed by atoms with E-state index in [1.165, 1.54) is 23.5 Å². The summed E-state index contributed by atoms with van der Waals surface area (Å²) in [5.41, 5.74) is 1.76. The molecule has 0 fully saturated rings. The first kappa shape index (κ1) is 22.0. The molecule has 1 aromatic heterocycles. The van der Waals surface area contributed by atoms with Gasteiger partial charge >= 0.3 is 0 Å². The van der Waals surface area contributed by atoms with E-state index in [2.05, 4.69) is 4.98 Å². The van der Waals surface area contributed by atoms with E-state index in [1.807, 2.05) is 37.3 Å². The number of hydrogen-bond donors (Lipinski definition) is 0. The highest BCUT2D eigenvalue weighted by Crippen LogP contribution is 2.30. The second kappa shape index (κ2) is 8.72. The average molecular weight is 466 g/mol. The Bertz CT molecular complexity index is 1330. The fourth-order valence-electron chi connectivity index (χ4n) is 3.34. The fourth-order valence-corrected chi connectivity index (χ4v) is 5.64. The van der Waals surface area contributed by atoms with Crippen LogP contribution in [0.1, 0.15) is 28.3 Å². The molecule has 0 N–H and O–H groups in total. The van der Waals surface area contributed by atoms with Gasteiger partial charge < -0.3 is 4.90 Å². The summed E-state index contributed by atoms with van der Waals surface area (Å²) in [4.78, 5) is 19.5. The first-order valence-corrected chi connectivity index (χ1v) is 12.3. The van der Waals surface area contributed by atoms with Gasteiger partial charge in [-0.15, -0.1) is 11.3 Å². The van der Waals surface area contributed by atoms with Gasteiger partial charge in [-0.3, -0.25) is 9.10 Å². The van der Waals surface area contributed by atoms with Crippen LogP contribution in [0.2, 0.25) is 0 Å². The molecule has 6 nitrogen and oxygen atoms in total. The zero-order valence-corrected chi connectivity index (χ0v) is 19.6. The highest BCUT2D eigenvalue weighted by Gasteiger charge is 2.25. The molecule has 32 heavy (non-hydrogen) atoms. The summed E-state index contributed by atoms with van der Waals surface area (Å²) in [7, 11) is -0.606. The molecule has 1 amide bonds. The summed E-state index contributed by atoms with van der Waals surface area (Å²) in [6.07, 6.45) is 0. The second-order valence-electron chi connectivity index (χ2n) is 7.45. The standard InChI is InChI=1S/C24H23N3O3S2/c1-17(23-25-21-14-7-8-15-22(21)31-23)26(2)24(28)18-10-9-13-20(16-18)32(29,30)27(3)19-11-5-4-6-12-19/h4-17H,1-3H3/t17-/m1/s1. The smallest absolute Gasteiger partial charge is 0.264 e. The molecule has 0 aliphatic rings. The third-order valence-corrected chi connectivity index (χ3v) is 8.42. The molecule has 8 heteroatoms. The zero-order valence-electron chi connectivity index (χ0n) is 18.0. The SMILES string of the molecule is C[C@H](c1nc2ccccc2s1)N(C)C(=O)c1cccc(S(=O)(=O)N(C)c2ccccc2)c1. The Morgan fingerprint density at radius 3 is 2.34 bits per heavy atom. The maximum absolute atomic E-state index is 13.2. The number of nitrogens with zero attached hydrogens (tertiary/aromatic N) is 3.